The highest BCUT2D eigenvalue weighted by molar-refractivity contribution is 5.75. The predicted molar refractivity (Wildman–Crippen MR) is 118 cm³/mol. The zero-order valence-corrected chi connectivity index (χ0v) is 17.9. The van der Waals surface area contributed by atoms with Crippen molar-refractivity contribution < 1.29 is 9.47 Å². The molecule has 0 spiro atoms. The molecule has 3 N–H and O–H groups in total. The fraction of sp³-hybridized carbons (Fsp3) is 0.522. The Hall–Kier alpha value is -2.71. The van der Waals surface area contributed by atoms with Crippen LogP contribution in [0.25, 0.3) is 11.0 Å². The Bertz CT molecular complexity index is 1100. The second-order valence-electron chi connectivity index (χ2n) is 9.40. The number of H-pyrrole nitrogens is 1. The Morgan fingerprint density at radius 3 is 2.97 bits per heavy atom. The van der Waals surface area contributed by atoms with Gasteiger partial charge in [0.15, 0.2) is 5.79 Å². The lowest BCUT2D eigenvalue weighted by Gasteiger charge is -2.31. The van der Waals surface area contributed by atoms with Gasteiger partial charge >= 0.3 is 0 Å². The van der Waals surface area contributed by atoms with Gasteiger partial charge in [-0.3, -0.25) is 4.98 Å². The number of rotatable bonds is 4. The fourth-order valence-corrected chi connectivity index (χ4v) is 5.70. The Morgan fingerprint density at radius 2 is 2.10 bits per heavy atom. The summed E-state index contributed by atoms with van der Waals surface area (Å²) in [5.74, 6) is 1.41. The molecule has 1 aliphatic carbocycles. The van der Waals surface area contributed by atoms with Gasteiger partial charge in [0.05, 0.1) is 23.2 Å². The number of aromatic amines is 1. The molecule has 0 radical (unpaired) electrons. The lowest BCUT2D eigenvalue weighted by atomic mass is 9.98. The second-order valence-corrected chi connectivity index (χ2v) is 9.40. The molecule has 8 heteroatoms. The molecule has 0 aromatic carbocycles. The van der Waals surface area contributed by atoms with E-state index < -0.39 is 5.79 Å². The largest absolute Gasteiger partial charge is 0.383 e. The van der Waals surface area contributed by atoms with E-state index >= 15 is 0 Å². The van der Waals surface area contributed by atoms with Gasteiger partial charge < -0.3 is 25.1 Å². The van der Waals surface area contributed by atoms with Crippen molar-refractivity contribution in [2.45, 2.75) is 63.6 Å². The minimum atomic E-state index is -0.565. The molecule has 4 atom stereocenters. The highest BCUT2D eigenvalue weighted by Crippen LogP contribution is 2.47. The number of ether oxygens (including phenoxy) is 2. The van der Waals surface area contributed by atoms with Gasteiger partial charge in [-0.05, 0) is 63.6 Å². The van der Waals surface area contributed by atoms with Crippen molar-refractivity contribution in [2.75, 3.05) is 17.2 Å². The van der Waals surface area contributed by atoms with Crippen molar-refractivity contribution >= 4 is 22.7 Å². The summed E-state index contributed by atoms with van der Waals surface area (Å²) in [7, 11) is 0. The molecule has 0 unspecified atom stereocenters. The molecule has 5 heterocycles. The zero-order valence-electron chi connectivity index (χ0n) is 17.9. The molecule has 6 rings (SSSR count). The van der Waals surface area contributed by atoms with E-state index in [0.717, 1.165) is 54.6 Å². The molecular weight excluding hydrogens is 392 g/mol. The van der Waals surface area contributed by atoms with Gasteiger partial charge in [0.1, 0.15) is 24.1 Å². The maximum Gasteiger partial charge on any atom is 0.163 e. The van der Waals surface area contributed by atoms with Crippen molar-refractivity contribution in [1.82, 2.24) is 19.9 Å². The van der Waals surface area contributed by atoms with E-state index in [1.807, 2.05) is 26.1 Å². The van der Waals surface area contributed by atoms with Crippen LogP contribution in [-0.4, -0.2) is 50.5 Å². The number of fused-ring (bicyclic) bond motifs is 3. The number of anilines is 2. The van der Waals surface area contributed by atoms with Crippen molar-refractivity contribution in [3.05, 3.63) is 42.0 Å². The van der Waals surface area contributed by atoms with Gasteiger partial charge in [0.25, 0.3) is 0 Å². The van der Waals surface area contributed by atoms with Gasteiger partial charge in [-0.2, -0.15) is 0 Å². The molecule has 1 saturated heterocycles. The van der Waals surface area contributed by atoms with E-state index in [4.69, 9.17) is 15.2 Å². The monoisotopic (exact) mass is 420 g/mol. The van der Waals surface area contributed by atoms with Crippen LogP contribution in [0.2, 0.25) is 0 Å². The van der Waals surface area contributed by atoms with E-state index in [2.05, 4.69) is 37.0 Å². The predicted octanol–water partition coefficient (Wildman–Crippen LogP) is 2.84. The number of aryl methyl sites for hydroxylation is 1. The highest BCUT2D eigenvalue weighted by Gasteiger charge is 2.56. The molecule has 3 aromatic heterocycles. The molecule has 162 valence electrons. The number of hydrogen-bond acceptors (Lipinski definition) is 7. The van der Waals surface area contributed by atoms with E-state index in [-0.39, 0.29) is 18.2 Å². The summed E-state index contributed by atoms with van der Waals surface area (Å²) >= 11 is 0. The zero-order chi connectivity index (χ0) is 21.2. The van der Waals surface area contributed by atoms with Gasteiger partial charge in [-0.15, -0.1) is 0 Å². The third-order valence-electron chi connectivity index (χ3n) is 7.01. The summed E-state index contributed by atoms with van der Waals surface area (Å²) in [6.45, 7) is 4.93. The van der Waals surface area contributed by atoms with Crippen molar-refractivity contribution in [3.8, 4) is 0 Å². The number of hydrogen-bond donors (Lipinski definition) is 2. The molecule has 1 saturated carbocycles. The standard InChI is InChI=1S/C23H28N6O2/c1-23(2)30-19-13(5-6-14-11-17-16(28-14)4-3-8-25-17)10-18(20(19)31-23)29-9-7-15-21(24)26-12-27-22(15)29/h3-4,8,11-13,18-20,28H,5-7,9-10H2,1-2H3,(H2,24,26,27)/t13-,18+,19+,20-/m0/s1. The number of nitrogen functional groups attached to an aromatic ring is 1. The SMILES string of the molecule is CC1(C)O[C@@H]2[C@@H](CCc3cc4ncccc4[nH]3)C[C@@H](N3CCc4c(N)ncnc43)[C@@H]2O1. The van der Waals surface area contributed by atoms with Crippen LogP contribution in [0.3, 0.4) is 0 Å². The summed E-state index contributed by atoms with van der Waals surface area (Å²) < 4.78 is 12.8. The third kappa shape index (κ3) is 3.16. The van der Waals surface area contributed by atoms with E-state index in [0.29, 0.717) is 11.7 Å². The van der Waals surface area contributed by atoms with Gasteiger partial charge in [-0.1, -0.05) is 0 Å². The summed E-state index contributed by atoms with van der Waals surface area (Å²) in [5.41, 5.74) is 10.5. The average Bonchev–Trinajstić information content (AvgIpc) is 3.47. The Balaban J connectivity index is 1.24. The van der Waals surface area contributed by atoms with Crippen molar-refractivity contribution in [2.24, 2.45) is 5.92 Å². The van der Waals surface area contributed by atoms with E-state index in [9.17, 15) is 0 Å². The summed E-state index contributed by atoms with van der Waals surface area (Å²) in [6, 6.07) is 6.43. The molecule has 3 aliphatic rings. The van der Waals surface area contributed by atoms with E-state index in [1.165, 1.54) is 5.69 Å². The normalized spacial score (nSPS) is 28.9. The first-order valence-electron chi connectivity index (χ1n) is 11.1. The molecule has 2 aliphatic heterocycles. The molecule has 2 fully saturated rings. The maximum absolute atomic E-state index is 6.42. The van der Waals surface area contributed by atoms with Crippen LogP contribution >= 0.6 is 0 Å². The van der Waals surface area contributed by atoms with Gasteiger partial charge in [0, 0.05) is 24.0 Å². The van der Waals surface area contributed by atoms with Crippen LogP contribution in [0.1, 0.15) is 37.9 Å². The van der Waals surface area contributed by atoms with Crippen LogP contribution < -0.4 is 10.6 Å². The van der Waals surface area contributed by atoms with Crippen LogP contribution in [0.5, 0.6) is 0 Å². The van der Waals surface area contributed by atoms with Gasteiger partial charge in [0.2, 0.25) is 0 Å². The van der Waals surface area contributed by atoms with Crippen molar-refractivity contribution in [3.63, 3.8) is 0 Å². The number of aromatic nitrogens is 4. The highest BCUT2D eigenvalue weighted by atomic mass is 16.8. The lowest BCUT2D eigenvalue weighted by Crippen LogP contribution is -2.43. The summed E-state index contributed by atoms with van der Waals surface area (Å²) in [6.07, 6.45) is 7.43. The molecular formula is C23H28N6O2. The number of nitrogens with two attached hydrogens (primary N) is 1. The molecule has 0 amide bonds. The quantitative estimate of drug-likeness (QED) is 0.669. The molecule has 8 nitrogen and oxygen atoms in total. The third-order valence-corrected chi connectivity index (χ3v) is 7.01. The lowest BCUT2D eigenvalue weighted by molar-refractivity contribution is -0.158. The Kier molecular flexibility index (Phi) is 4.23. The summed E-state index contributed by atoms with van der Waals surface area (Å²) in [4.78, 5) is 19.1. The first kappa shape index (κ1) is 19.0. The molecule has 0 bridgehead atoms. The van der Waals surface area contributed by atoms with Crippen LogP contribution in [0.15, 0.2) is 30.7 Å². The van der Waals surface area contributed by atoms with E-state index in [1.54, 1.807) is 6.33 Å². The Morgan fingerprint density at radius 1 is 1.23 bits per heavy atom. The number of nitrogens with zero attached hydrogens (tertiary/aromatic N) is 4. The molecule has 31 heavy (non-hydrogen) atoms. The Labute approximate surface area is 181 Å². The minimum Gasteiger partial charge on any atom is -0.383 e. The smallest absolute Gasteiger partial charge is 0.163 e. The first-order chi connectivity index (χ1) is 15.0. The fourth-order valence-electron chi connectivity index (χ4n) is 5.70. The van der Waals surface area contributed by atoms with Crippen LogP contribution in [0.4, 0.5) is 11.6 Å². The second kappa shape index (κ2) is 6.90. The summed E-state index contributed by atoms with van der Waals surface area (Å²) in [5, 5.41) is 0. The first-order valence-corrected chi connectivity index (χ1v) is 11.1. The minimum absolute atomic E-state index is 0.0338. The van der Waals surface area contributed by atoms with Gasteiger partial charge in [-0.25, -0.2) is 9.97 Å². The topological polar surface area (TPSA) is 102 Å². The van der Waals surface area contributed by atoms with Crippen LogP contribution in [-0.2, 0) is 22.3 Å². The number of pyridine rings is 1. The number of nitrogens with one attached hydrogen (secondary N) is 1. The van der Waals surface area contributed by atoms with Crippen molar-refractivity contribution in [1.29, 1.82) is 0 Å². The average molecular weight is 421 g/mol. The van der Waals surface area contributed by atoms with Crippen LogP contribution in [0, 0.1) is 5.92 Å². The maximum atomic E-state index is 6.42. The molecule has 3 aromatic rings.